The van der Waals surface area contributed by atoms with Crippen LogP contribution in [0.1, 0.15) is 44.7 Å². The highest BCUT2D eigenvalue weighted by molar-refractivity contribution is 5.36. The first-order chi connectivity index (χ1) is 10.3. The lowest BCUT2D eigenvalue weighted by molar-refractivity contribution is 0.232. The Balaban J connectivity index is 2.08. The van der Waals surface area contributed by atoms with Crippen LogP contribution in [0.2, 0.25) is 0 Å². The van der Waals surface area contributed by atoms with Gasteiger partial charge in [0.2, 0.25) is 0 Å². The molecular formula is C18H30N2O. The van der Waals surface area contributed by atoms with Gasteiger partial charge in [0.25, 0.3) is 0 Å². The lowest BCUT2D eigenvalue weighted by Gasteiger charge is -2.29. The van der Waals surface area contributed by atoms with Gasteiger partial charge < -0.3 is 15.0 Å². The van der Waals surface area contributed by atoms with Crippen LogP contribution in [0.4, 0.5) is 0 Å². The van der Waals surface area contributed by atoms with Gasteiger partial charge in [-0.3, -0.25) is 0 Å². The van der Waals surface area contributed by atoms with Gasteiger partial charge in [-0.25, -0.2) is 0 Å². The minimum atomic E-state index is 0.344. The second kappa shape index (κ2) is 8.40. The van der Waals surface area contributed by atoms with E-state index in [1.54, 1.807) is 7.11 Å². The van der Waals surface area contributed by atoms with Crippen molar-refractivity contribution in [2.24, 2.45) is 5.92 Å². The van der Waals surface area contributed by atoms with E-state index in [0.29, 0.717) is 6.04 Å². The molecule has 0 aromatic heterocycles. The van der Waals surface area contributed by atoms with Crippen LogP contribution in [-0.2, 0) is 0 Å². The van der Waals surface area contributed by atoms with Crippen LogP contribution < -0.4 is 10.1 Å². The standard InChI is InChI=1S/C18H30N2O/c1-4-12-20(13-15-10-11-15)14-17(19-5-2)16-8-6-7-9-18(16)21-3/h6-9,15,17,19H,4-5,10-14H2,1-3H3. The lowest BCUT2D eigenvalue weighted by Crippen LogP contribution is -2.37. The average Bonchev–Trinajstić information content (AvgIpc) is 3.31. The van der Waals surface area contributed by atoms with Crippen molar-refractivity contribution in [2.45, 2.75) is 39.2 Å². The van der Waals surface area contributed by atoms with Gasteiger partial charge in [0.1, 0.15) is 5.75 Å². The molecule has 0 amide bonds. The van der Waals surface area contributed by atoms with E-state index in [2.05, 4.69) is 42.3 Å². The van der Waals surface area contributed by atoms with E-state index in [1.165, 1.54) is 37.9 Å². The van der Waals surface area contributed by atoms with Crippen molar-refractivity contribution in [3.63, 3.8) is 0 Å². The molecule has 0 spiro atoms. The van der Waals surface area contributed by atoms with Crippen molar-refractivity contribution in [2.75, 3.05) is 33.3 Å². The smallest absolute Gasteiger partial charge is 0.123 e. The molecule has 0 bridgehead atoms. The number of hydrogen-bond donors (Lipinski definition) is 1. The largest absolute Gasteiger partial charge is 0.496 e. The Labute approximate surface area is 129 Å². The van der Waals surface area contributed by atoms with E-state index >= 15 is 0 Å². The van der Waals surface area contributed by atoms with Gasteiger partial charge in [0.05, 0.1) is 7.11 Å². The third kappa shape index (κ3) is 5.01. The van der Waals surface area contributed by atoms with Gasteiger partial charge in [-0.15, -0.1) is 0 Å². The van der Waals surface area contributed by atoms with Crippen LogP contribution >= 0.6 is 0 Å². The second-order valence-corrected chi connectivity index (χ2v) is 6.06. The Morgan fingerprint density at radius 3 is 2.67 bits per heavy atom. The number of nitrogens with one attached hydrogen (secondary N) is 1. The normalized spacial score (nSPS) is 16.2. The fraction of sp³-hybridized carbons (Fsp3) is 0.667. The van der Waals surface area contributed by atoms with Crippen molar-refractivity contribution in [3.05, 3.63) is 29.8 Å². The molecule has 0 saturated heterocycles. The summed E-state index contributed by atoms with van der Waals surface area (Å²) >= 11 is 0. The number of hydrogen-bond acceptors (Lipinski definition) is 3. The van der Waals surface area contributed by atoms with Crippen molar-refractivity contribution in [3.8, 4) is 5.75 Å². The Bertz CT molecular complexity index is 417. The predicted molar refractivity (Wildman–Crippen MR) is 88.9 cm³/mol. The minimum absolute atomic E-state index is 0.344. The molecule has 118 valence electrons. The van der Waals surface area contributed by atoms with Crippen LogP contribution in [0.15, 0.2) is 24.3 Å². The van der Waals surface area contributed by atoms with E-state index in [0.717, 1.165) is 24.8 Å². The number of likely N-dealkylation sites (N-methyl/N-ethyl adjacent to an activating group) is 1. The van der Waals surface area contributed by atoms with Crippen molar-refractivity contribution >= 4 is 0 Å². The zero-order valence-electron chi connectivity index (χ0n) is 13.8. The maximum Gasteiger partial charge on any atom is 0.123 e. The summed E-state index contributed by atoms with van der Waals surface area (Å²) in [4.78, 5) is 2.62. The second-order valence-electron chi connectivity index (χ2n) is 6.06. The average molecular weight is 290 g/mol. The van der Waals surface area contributed by atoms with Gasteiger partial charge in [-0.2, -0.15) is 0 Å². The number of nitrogens with zero attached hydrogens (tertiary/aromatic N) is 1. The molecule has 0 aliphatic heterocycles. The Morgan fingerprint density at radius 2 is 2.05 bits per heavy atom. The fourth-order valence-electron chi connectivity index (χ4n) is 2.97. The summed E-state index contributed by atoms with van der Waals surface area (Å²) in [6.07, 6.45) is 4.05. The highest BCUT2D eigenvalue weighted by Gasteiger charge is 2.26. The number of methoxy groups -OCH3 is 1. The third-order valence-electron chi connectivity index (χ3n) is 4.16. The van der Waals surface area contributed by atoms with Crippen LogP contribution in [0.5, 0.6) is 5.75 Å². The van der Waals surface area contributed by atoms with Crippen molar-refractivity contribution < 1.29 is 4.74 Å². The summed E-state index contributed by atoms with van der Waals surface area (Å²) in [5.41, 5.74) is 1.28. The van der Waals surface area contributed by atoms with Gasteiger partial charge >= 0.3 is 0 Å². The SMILES string of the molecule is CCCN(CC1CC1)CC(NCC)c1ccccc1OC. The quantitative estimate of drug-likeness (QED) is 0.714. The molecule has 1 aromatic rings. The summed E-state index contributed by atoms with van der Waals surface area (Å²) in [6.45, 7) is 8.93. The Hall–Kier alpha value is -1.06. The molecular weight excluding hydrogens is 260 g/mol. The van der Waals surface area contributed by atoms with E-state index in [9.17, 15) is 0 Å². The summed E-state index contributed by atoms with van der Waals surface area (Å²) in [5, 5.41) is 3.63. The van der Waals surface area contributed by atoms with Gasteiger partial charge in [-0.05, 0) is 44.3 Å². The van der Waals surface area contributed by atoms with Crippen LogP contribution in [-0.4, -0.2) is 38.2 Å². The molecule has 0 heterocycles. The van der Waals surface area contributed by atoms with E-state index in [1.807, 2.05) is 6.07 Å². The molecule has 1 aliphatic carbocycles. The zero-order chi connectivity index (χ0) is 15.1. The number of para-hydroxylation sites is 1. The zero-order valence-corrected chi connectivity index (χ0v) is 13.8. The third-order valence-corrected chi connectivity index (χ3v) is 4.16. The molecule has 1 saturated carbocycles. The molecule has 1 atom stereocenters. The van der Waals surface area contributed by atoms with Crippen molar-refractivity contribution in [1.82, 2.24) is 10.2 Å². The summed E-state index contributed by atoms with van der Waals surface area (Å²) in [5.74, 6) is 1.93. The Morgan fingerprint density at radius 1 is 1.29 bits per heavy atom. The van der Waals surface area contributed by atoms with Gasteiger partial charge in [0, 0.05) is 24.7 Å². The highest BCUT2D eigenvalue weighted by atomic mass is 16.5. The predicted octanol–water partition coefficient (Wildman–Crippen LogP) is 3.47. The molecule has 0 radical (unpaired) electrons. The van der Waals surface area contributed by atoms with Crippen molar-refractivity contribution in [1.29, 1.82) is 0 Å². The molecule has 1 unspecified atom stereocenters. The van der Waals surface area contributed by atoms with E-state index < -0.39 is 0 Å². The number of benzene rings is 1. The first kappa shape index (κ1) is 16.3. The monoisotopic (exact) mass is 290 g/mol. The summed E-state index contributed by atoms with van der Waals surface area (Å²) in [6, 6.07) is 8.74. The van der Waals surface area contributed by atoms with Gasteiger partial charge in [-0.1, -0.05) is 32.0 Å². The first-order valence-corrected chi connectivity index (χ1v) is 8.37. The molecule has 1 fully saturated rings. The molecule has 2 rings (SSSR count). The van der Waals surface area contributed by atoms with Crippen LogP contribution in [0.3, 0.4) is 0 Å². The summed E-state index contributed by atoms with van der Waals surface area (Å²) < 4.78 is 5.55. The number of rotatable bonds is 10. The molecule has 3 nitrogen and oxygen atoms in total. The van der Waals surface area contributed by atoms with Crippen LogP contribution in [0, 0.1) is 5.92 Å². The molecule has 1 N–H and O–H groups in total. The topological polar surface area (TPSA) is 24.5 Å². The summed E-state index contributed by atoms with van der Waals surface area (Å²) in [7, 11) is 1.76. The van der Waals surface area contributed by atoms with E-state index in [-0.39, 0.29) is 0 Å². The molecule has 1 aromatic carbocycles. The van der Waals surface area contributed by atoms with Crippen LogP contribution in [0.25, 0.3) is 0 Å². The maximum absolute atomic E-state index is 5.55. The molecule has 1 aliphatic rings. The Kier molecular flexibility index (Phi) is 6.52. The highest BCUT2D eigenvalue weighted by Crippen LogP contribution is 2.31. The first-order valence-electron chi connectivity index (χ1n) is 8.37. The van der Waals surface area contributed by atoms with E-state index in [4.69, 9.17) is 4.74 Å². The molecule has 3 heteroatoms. The number of ether oxygens (including phenoxy) is 1. The molecule has 21 heavy (non-hydrogen) atoms. The minimum Gasteiger partial charge on any atom is -0.496 e. The fourth-order valence-corrected chi connectivity index (χ4v) is 2.97. The van der Waals surface area contributed by atoms with Gasteiger partial charge in [0.15, 0.2) is 0 Å². The lowest BCUT2D eigenvalue weighted by atomic mass is 10.0. The maximum atomic E-state index is 5.55.